The second-order valence-corrected chi connectivity index (χ2v) is 11.7. The number of fused-ring (bicyclic) bond motifs is 1. The number of sulfonamides is 1. The highest BCUT2D eigenvalue weighted by atomic mass is 32.2. The minimum Gasteiger partial charge on any atom is -0.497 e. The van der Waals surface area contributed by atoms with Gasteiger partial charge < -0.3 is 29.6 Å². The van der Waals surface area contributed by atoms with Gasteiger partial charge in [0.1, 0.15) is 11.6 Å². The number of H-pyrrole nitrogens is 1. The molecule has 0 saturated heterocycles. The maximum atomic E-state index is 13.2. The molecule has 2 atom stereocenters. The van der Waals surface area contributed by atoms with Gasteiger partial charge in [-0.05, 0) is 54.3 Å². The molecular weight excluding hydrogens is 536 g/mol. The molecule has 3 aromatic rings. The first kappa shape index (κ1) is 29.5. The van der Waals surface area contributed by atoms with Gasteiger partial charge in [0, 0.05) is 19.5 Å². The lowest BCUT2D eigenvalue weighted by molar-refractivity contribution is -0.150. The van der Waals surface area contributed by atoms with Crippen LogP contribution in [0.3, 0.4) is 0 Å². The van der Waals surface area contributed by atoms with E-state index in [0.29, 0.717) is 18.0 Å². The maximum absolute atomic E-state index is 13.2. The molecule has 2 heterocycles. The van der Waals surface area contributed by atoms with Gasteiger partial charge in [0.2, 0.25) is 16.3 Å². The largest absolute Gasteiger partial charge is 0.497 e. The Hall–Kier alpha value is -3.45. The third kappa shape index (κ3) is 7.19. The number of hydrogen-bond donors (Lipinski definition) is 3. The van der Waals surface area contributed by atoms with Crippen molar-refractivity contribution >= 4 is 27.0 Å². The van der Waals surface area contributed by atoms with E-state index < -0.39 is 16.3 Å². The lowest BCUT2D eigenvalue weighted by Gasteiger charge is -2.31. The van der Waals surface area contributed by atoms with Gasteiger partial charge >= 0.3 is 0 Å². The van der Waals surface area contributed by atoms with E-state index in [4.69, 9.17) is 14.2 Å². The number of para-hydroxylation sites is 2. The van der Waals surface area contributed by atoms with Crippen LogP contribution in [-0.4, -0.2) is 73.4 Å². The Morgan fingerprint density at radius 1 is 1.20 bits per heavy atom. The van der Waals surface area contributed by atoms with Gasteiger partial charge in [-0.3, -0.25) is 4.79 Å². The first-order valence-corrected chi connectivity index (χ1v) is 14.6. The smallest absolute Gasteiger partial charge is 0.286 e. The number of amides is 1. The van der Waals surface area contributed by atoms with Crippen molar-refractivity contribution in [1.82, 2.24) is 19.6 Å². The van der Waals surface area contributed by atoms with Crippen molar-refractivity contribution in [3.63, 3.8) is 0 Å². The summed E-state index contributed by atoms with van der Waals surface area (Å²) in [6.07, 6.45) is 1.59. The van der Waals surface area contributed by atoms with Crippen molar-refractivity contribution in [1.29, 1.82) is 0 Å². The number of methoxy groups -OCH3 is 1. The van der Waals surface area contributed by atoms with E-state index in [1.54, 1.807) is 12.1 Å². The standard InChI is InChI=1S/C28H36N4O7S/c1-19(2)20-16-25(28(34)29-18-26-30-23-6-4-5-7-24(23)31-26)39-27(17-20)38-15-13-32(12-14-33)40(35,36)22-10-8-21(37-3)9-11-22/h4-11,16,19-20,27,33H,12-15,17-18H2,1-3H3,(H,29,34)(H,30,31). The topological polar surface area (TPSA) is 143 Å². The molecular formula is C28H36N4O7S. The van der Waals surface area contributed by atoms with Crippen LogP contribution in [0.25, 0.3) is 11.0 Å². The number of aromatic amines is 1. The molecule has 1 aliphatic rings. The predicted molar refractivity (Wildman–Crippen MR) is 149 cm³/mol. The van der Waals surface area contributed by atoms with Gasteiger partial charge in [-0.2, -0.15) is 4.31 Å². The number of allylic oxidation sites excluding steroid dienone is 1. The number of imidazole rings is 1. The highest BCUT2D eigenvalue weighted by molar-refractivity contribution is 7.89. The maximum Gasteiger partial charge on any atom is 0.286 e. The van der Waals surface area contributed by atoms with Crippen LogP contribution in [0.1, 0.15) is 26.1 Å². The highest BCUT2D eigenvalue weighted by Gasteiger charge is 2.30. The van der Waals surface area contributed by atoms with Crippen molar-refractivity contribution < 1.29 is 32.5 Å². The summed E-state index contributed by atoms with van der Waals surface area (Å²) in [4.78, 5) is 20.7. The molecule has 2 unspecified atom stereocenters. The molecule has 2 aromatic carbocycles. The summed E-state index contributed by atoms with van der Waals surface area (Å²) in [7, 11) is -2.37. The van der Waals surface area contributed by atoms with Crippen LogP contribution in [0.4, 0.5) is 0 Å². The van der Waals surface area contributed by atoms with Crippen molar-refractivity contribution in [2.45, 2.75) is 38.0 Å². The van der Waals surface area contributed by atoms with E-state index in [9.17, 15) is 18.3 Å². The second kappa shape index (κ2) is 13.3. The van der Waals surface area contributed by atoms with Crippen LogP contribution < -0.4 is 10.1 Å². The number of nitrogens with one attached hydrogen (secondary N) is 2. The molecule has 0 bridgehead atoms. The fourth-order valence-electron chi connectivity index (χ4n) is 4.40. The summed E-state index contributed by atoms with van der Waals surface area (Å²) in [6, 6.07) is 13.7. The van der Waals surface area contributed by atoms with E-state index >= 15 is 0 Å². The Labute approximate surface area is 234 Å². The zero-order chi connectivity index (χ0) is 28.7. The average Bonchev–Trinajstić information content (AvgIpc) is 3.38. The molecule has 12 heteroatoms. The molecule has 0 fully saturated rings. The number of carbonyl (C=O) groups is 1. The molecule has 40 heavy (non-hydrogen) atoms. The lowest BCUT2D eigenvalue weighted by Crippen LogP contribution is -2.38. The SMILES string of the molecule is COc1ccc(S(=O)(=O)N(CCO)CCOC2CC(C(C)C)C=C(C(=O)NCc3nc4ccccc4[nH]3)O2)cc1. The molecule has 0 aliphatic carbocycles. The fraction of sp³-hybridized carbons (Fsp3) is 0.429. The van der Waals surface area contributed by atoms with Crippen LogP contribution in [-0.2, 0) is 30.8 Å². The molecule has 3 N–H and O–H groups in total. The van der Waals surface area contributed by atoms with Gasteiger partial charge in [-0.15, -0.1) is 0 Å². The van der Waals surface area contributed by atoms with Gasteiger partial charge in [0.15, 0.2) is 5.76 Å². The molecule has 0 radical (unpaired) electrons. The number of aliphatic hydroxyl groups excluding tert-OH is 1. The van der Waals surface area contributed by atoms with Crippen molar-refractivity contribution in [3.8, 4) is 5.75 Å². The van der Waals surface area contributed by atoms with Gasteiger partial charge in [0.25, 0.3) is 5.91 Å². The molecule has 1 aromatic heterocycles. The number of hydrogen-bond acceptors (Lipinski definition) is 8. The number of benzene rings is 2. The minimum atomic E-state index is -3.87. The van der Waals surface area contributed by atoms with Crippen LogP contribution in [0.15, 0.2) is 65.3 Å². The Balaban J connectivity index is 1.36. The van der Waals surface area contributed by atoms with Gasteiger partial charge in [-0.25, -0.2) is 13.4 Å². The summed E-state index contributed by atoms with van der Waals surface area (Å²) in [6.45, 7) is 3.88. The quantitative estimate of drug-likeness (QED) is 0.284. The summed E-state index contributed by atoms with van der Waals surface area (Å²) in [5.74, 6) is 1.20. The molecule has 11 nitrogen and oxygen atoms in total. The normalized spacial score (nSPS) is 17.6. The van der Waals surface area contributed by atoms with Crippen LogP contribution in [0, 0.1) is 11.8 Å². The van der Waals surface area contributed by atoms with Crippen molar-refractivity contribution in [2.75, 3.05) is 33.4 Å². The Bertz CT molecular complexity index is 1390. The zero-order valence-corrected chi connectivity index (χ0v) is 23.7. The first-order valence-electron chi connectivity index (χ1n) is 13.2. The van der Waals surface area contributed by atoms with Crippen molar-refractivity contribution in [3.05, 3.63) is 66.2 Å². The highest BCUT2D eigenvalue weighted by Crippen LogP contribution is 2.29. The monoisotopic (exact) mass is 572 g/mol. The van der Waals surface area contributed by atoms with Crippen LogP contribution in [0.2, 0.25) is 0 Å². The van der Waals surface area contributed by atoms with Gasteiger partial charge in [0.05, 0.1) is 42.8 Å². The third-order valence-corrected chi connectivity index (χ3v) is 8.63. The van der Waals surface area contributed by atoms with Crippen molar-refractivity contribution in [2.24, 2.45) is 11.8 Å². The van der Waals surface area contributed by atoms with E-state index in [1.165, 1.54) is 19.2 Å². The number of aromatic nitrogens is 2. The summed E-state index contributed by atoms with van der Waals surface area (Å²) in [5, 5.41) is 12.3. The van der Waals surface area contributed by atoms with E-state index in [0.717, 1.165) is 15.3 Å². The number of rotatable bonds is 13. The molecule has 0 spiro atoms. The average molecular weight is 573 g/mol. The van der Waals surface area contributed by atoms with Crippen LogP contribution >= 0.6 is 0 Å². The molecule has 1 aliphatic heterocycles. The third-order valence-electron chi connectivity index (χ3n) is 6.71. The Morgan fingerprint density at radius 3 is 2.62 bits per heavy atom. The Morgan fingerprint density at radius 2 is 1.95 bits per heavy atom. The second-order valence-electron chi connectivity index (χ2n) is 9.78. The number of aliphatic hydroxyl groups is 1. The number of nitrogens with zero attached hydrogens (tertiary/aromatic N) is 2. The number of carbonyl (C=O) groups excluding carboxylic acids is 1. The molecule has 1 amide bonds. The molecule has 4 rings (SSSR count). The van der Waals surface area contributed by atoms with Gasteiger partial charge in [-0.1, -0.05) is 26.0 Å². The Kier molecular flexibility index (Phi) is 9.80. The van der Waals surface area contributed by atoms with E-state index in [1.807, 2.05) is 30.3 Å². The molecule has 216 valence electrons. The summed E-state index contributed by atoms with van der Waals surface area (Å²) in [5.41, 5.74) is 1.70. The minimum absolute atomic E-state index is 0.00156. The summed E-state index contributed by atoms with van der Waals surface area (Å²) >= 11 is 0. The first-order chi connectivity index (χ1) is 19.2. The fourth-order valence-corrected chi connectivity index (χ4v) is 5.81. The van der Waals surface area contributed by atoms with E-state index in [-0.39, 0.29) is 61.2 Å². The van der Waals surface area contributed by atoms with E-state index in [2.05, 4.69) is 29.1 Å². The predicted octanol–water partition coefficient (Wildman–Crippen LogP) is 2.79. The molecule has 0 saturated carbocycles. The lowest BCUT2D eigenvalue weighted by atomic mass is 9.90. The zero-order valence-electron chi connectivity index (χ0n) is 22.9. The summed E-state index contributed by atoms with van der Waals surface area (Å²) < 4.78 is 44.4. The number of ether oxygens (including phenoxy) is 3. The van der Waals surface area contributed by atoms with Crippen LogP contribution in [0.5, 0.6) is 5.75 Å².